The molecule has 0 atom stereocenters. The second-order valence-corrected chi connectivity index (χ2v) is 7.63. The number of ether oxygens (including phenoxy) is 2. The number of nitrogens with zero attached hydrogens (tertiary/aromatic N) is 2. The molecule has 1 aliphatic rings. The van der Waals surface area contributed by atoms with Crippen LogP contribution in [0, 0.1) is 17.2 Å². The standard InChI is InChI=1S/C24H30N2O4/c1-6-8-11-30-21-10-9-18(13-22(21)29-7-2)12-19-17(5)20(14-25)24(28)26(23(19)27)15-16(3)4/h9-10,12-13,16H,6-8,11,15H2,1-5H3/b19-12+. The van der Waals surface area contributed by atoms with Crippen molar-refractivity contribution >= 4 is 17.9 Å². The Morgan fingerprint density at radius 3 is 2.47 bits per heavy atom. The smallest absolute Gasteiger partial charge is 0.271 e. The summed E-state index contributed by atoms with van der Waals surface area (Å²) in [6.07, 6.45) is 3.69. The van der Waals surface area contributed by atoms with Crippen molar-refractivity contribution in [2.75, 3.05) is 19.8 Å². The van der Waals surface area contributed by atoms with Gasteiger partial charge in [-0.1, -0.05) is 33.3 Å². The van der Waals surface area contributed by atoms with E-state index in [9.17, 15) is 14.9 Å². The third kappa shape index (κ3) is 5.29. The van der Waals surface area contributed by atoms with Crippen LogP contribution in [0.5, 0.6) is 11.5 Å². The van der Waals surface area contributed by atoms with Crippen LogP contribution in [0.4, 0.5) is 0 Å². The van der Waals surface area contributed by atoms with Crippen LogP contribution in [0.3, 0.4) is 0 Å². The molecule has 2 rings (SSSR count). The van der Waals surface area contributed by atoms with Crippen molar-refractivity contribution < 1.29 is 19.1 Å². The number of carbonyl (C=O) groups is 2. The molecule has 0 N–H and O–H groups in total. The van der Waals surface area contributed by atoms with Crippen molar-refractivity contribution in [3.63, 3.8) is 0 Å². The molecule has 0 spiro atoms. The molecule has 1 aromatic carbocycles. The largest absolute Gasteiger partial charge is 0.490 e. The predicted molar refractivity (Wildman–Crippen MR) is 116 cm³/mol. The Balaban J connectivity index is 2.47. The molecule has 6 heteroatoms. The van der Waals surface area contributed by atoms with Gasteiger partial charge in [0.1, 0.15) is 11.6 Å². The van der Waals surface area contributed by atoms with Gasteiger partial charge in [-0.3, -0.25) is 14.5 Å². The van der Waals surface area contributed by atoms with E-state index < -0.39 is 5.91 Å². The number of nitriles is 1. The van der Waals surface area contributed by atoms with Crippen LogP contribution in [0.25, 0.3) is 6.08 Å². The van der Waals surface area contributed by atoms with Gasteiger partial charge in [0.25, 0.3) is 11.8 Å². The molecular weight excluding hydrogens is 380 g/mol. The maximum absolute atomic E-state index is 13.0. The van der Waals surface area contributed by atoms with E-state index in [1.54, 1.807) is 13.0 Å². The van der Waals surface area contributed by atoms with Crippen molar-refractivity contribution in [3.8, 4) is 17.6 Å². The number of amides is 2. The quantitative estimate of drug-likeness (QED) is 0.340. The van der Waals surface area contributed by atoms with Gasteiger partial charge in [-0.15, -0.1) is 0 Å². The lowest BCUT2D eigenvalue weighted by atomic mass is 9.93. The van der Waals surface area contributed by atoms with Gasteiger partial charge in [0.15, 0.2) is 11.5 Å². The minimum Gasteiger partial charge on any atom is -0.490 e. The van der Waals surface area contributed by atoms with Crippen LogP contribution >= 0.6 is 0 Å². The molecule has 6 nitrogen and oxygen atoms in total. The highest BCUT2D eigenvalue weighted by Crippen LogP contribution is 2.32. The maximum atomic E-state index is 13.0. The lowest BCUT2D eigenvalue weighted by Gasteiger charge is -2.28. The average Bonchev–Trinajstić information content (AvgIpc) is 2.70. The molecule has 0 bridgehead atoms. The Bertz CT molecular complexity index is 906. The molecule has 160 valence electrons. The van der Waals surface area contributed by atoms with Crippen LogP contribution in [0.2, 0.25) is 0 Å². The lowest BCUT2D eigenvalue weighted by Crippen LogP contribution is -2.44. The fourth-order valence-corrected chi connectivity index (χ4v) is 3.16. The van der Waals surface area contributed by atoms with Crippen LogP contribution in [-0.4, -0.2) is 36.5 Å². The topological polar surface area (TPSA) is 79.6 Å². The number of rotatable bonds is 9. The SMILES string of the molecule is CCCCOc1ccc(/C=C2/C(=O)N(CC(C)C)C(=O)C(C#N)=C2C)cc1OCC. The molecule has 1 aromatic rings. The zero-order valence-corrected chi connectivity index (χ0v) is 18.4. The first kappa shape index (κ1) is 23.2. The normalized spacial score (nSPS) is 15.8. The molecule has 1 heterocycles. The molecular formula is C24H30N2O4. The third-order valence-corrected chi connectivity index (χ3v) is 4.71. The minimum atomic E-state index is -0.527. The first-order valence-corrected chi connectivity index (χ1v) is 10.4. The zero-order chi connectivity index (χ0) is 22.3. The summed E-state index contributed by atoms with van der Waals surface area (Å²) in [4.78, 5) is 26.8. The fourth-order valence-electron chi connectivity index (χ4n) is 3.16. The fraction of sp³-hybridized carbons (Fsp3) is 0.458. The first-order valence-electron chi connectivity index (χ1n) is 10.4. The number of benzene rings is 1. The Morgan fingerprint density at radius 1 is 1.13 bits per heavy atom. The second-order valence-electron chi connectivity index (χ2n) is 7.63. The van der Waals surface area contributed by atoms with Crippen molar-refractivity contribution in [1.82, 2.24) is 4.90 Å². The molecule has 2 amide bonds. The summed E-state index contributed by atoms with van der Waals surface area (Å²) < 4.78 is 11.5. The van der Waals surface area contributed by atoms with Crippen LogP contribution in [0.15, 0.2) is 34.9 Å². The van der Waals surface area contributed by atoms with Crippen molar-refractivity contribution in [2.24, 2.45) is 5.92 Å². The van der Waals surface area contributed by atoms with Crippen LogP contribution in [-0.2, 0) is 9.59 Å². The van der Waals surface area contributed by atoms with Gasteiger partial charge in [0.2, 0.25) is 0 Å². The van der Waals surface area contributed by atoms with E-state index in [-0.39, 0.29) is 23.9 Å². The Morgan fingerprint density at radius 2 is 1.87 bits per heavy atom. The van der Waals surface area contributed by atoms with Crippen molar-refractivity contribution in [2.45, 2.75) is 47.5 Å². The molecule has 0 aromatic heterocycles. The molecule has 30 heavy (non-hydrogen) atoms. The van der Waals surface area contributed by atoms with Gasteiger partial charge >= 0.3 is 0 Å². The molecule has 0 saturated carbocycles. The zero-order valence-electron chi connectivity index (χ0n) is 18.4. The molecule has 0 saturated heterocycles. The van der Waals surface area contributed by atoms with E-state index in [2.05, 4.69) is 6.92 Å². The molecule has 0 unspecified atom stereocenters. The van der Waals surface area contributed by atoms with E-state index in [0.29, 0.717) is 35.9 Å². The number of hydrogen-bond acceptors (Lipinski definition) is 5. The number of carbonyl (C=O) groups excluding carboxylic acids is 2. The van der Waals surface area contributed by atoms with Gasteiger partial charge in [-0.2, -0.15) is 5.26 Å². The van der Waals surface area contributed by atoms with Crippen molar-refractivity contribution in [3.05, 3.63) is 40.5 Å². The van der Waals surface area contributed by atoms with E-state index in [1.807, 2.05) is 45.0 Å². The van der Waals surface area contributed by atoms with Crippen molar-refractivity contribution in [1.29, 1.82) is 5.26 Å². The highest BCUT2D eigenvalue weighted by atomic mass is 16.5. The summed E-state index contributed by atoms with van der Waals surface area (Å²) in [6, 6.07) is 7.44. The molecule has 1 aliphatic heterocycles. The van der Waals surface area contributed by atoms with Crippen LogP contribution in [0.1, 0.15) is 53.0 Å². The Hall–Kier alpha value is -3.07. The molecule has 0 fully saturated rings. The van der Waals surface area contributed by atoms with Crippen LogP contribution < -0.4 is 9.47 Å². The molecule has 0 radical (unpaired) electrons. The van der Waals surface area contributed by atoms with Gasteiger partial charge in [0.05, 0.1) is 13.2 Å². The number of imide groups is 1. The Labute approximate surface area is 178 Å². The summed E-state index contributed by atoms with van der Waals surface area (Å²) in [5, 5.41) is 9.48. The monoisotopic (exact) mass is 410 g/mol. The van der Waals surface area contributed by atoms with Gasteiger partial charge in [-0.05, 0) is 55.5 Å². The number of unbranched alkanes of at least 4 members (excludes halogenated alkanes) is 1. The minimum absolute atomic E-state index is 0.00560. The van der Waals surface area contributed by atoms with Gasteiger partial charge < -0.3 is 9.47 Å². The highest BCUT2D eigenvalue weighted by Gasteiger charge is 2.35. The van der Waals surface area contributed by atoms with E-state index in [0.717, 1.165) is 23.3 Å². The van der Waals surface area contributed by atoms with E-state index in [1.165, 1.54) is 0 Å². The summed E-state index contributed by atoms with van der Waals surface area (Å²) >= 11 is 0. The summed E-state index contributed by atoms with van der Waals surface area (Å²) in [7, 11) is 0. The average molecular weight is 411 g/mol. The lowest BCUT2D eigenvalue weighted by molar-refractivity contribution is -0.141. The summed E-state index contributed by atoms with van der Waals surface area (Å²) in [5.74, 6) is 0.445. The molecule has 0 aliphatic carbocycles. The summed E-state index contributed by atoms with van der Waals surface area (Å²) in [5.41, 5.74) is 1.48. The summed E-state index contributed by atoms with van der Waals surface area (Å²) in [6.45, 7) is 10.8. The first-order chi connectivity index (χ1) is 14.3. The maximum Gasteiger partial charge on any atom is 0.271 e. The van der Waals surface area contributed by atoms with E-state index >= 15 is 0 Å². The predicted octanol–water partition coefficient (Wildman–Crippen LogP) is 4.51. The van der Waals surface area contributed by atoms with E-state index in [4.69, 9.17) is 9.47 Å². The Kier molecular flexibility index (Phi) is 8.23. The van der Waals surface area contributed by atoms with Gasteiger partial charge in [0, 0.05) is 12.1 Å². The van der Waals surface area contributed by atoms with Gasteiger partial charge in [-0.25, -0.2) is 0 Å². The number of hydrogen-bond donors (Lipinski definition) is 0. The highest BCUT2D eigenvalue weighted by molar-refractivity contribution is 6.19. The second kappa shape index (κ2) is 10.6. The third-order valence-electron chi connectivity index (χ3n) is 4.71.